The SMILES string of the molecule is COc1ccc(N2CNc3c(sc4cccc(N(C)C)c34)C2=O)cc1. The smallest absolute Gasteiger partial charge is 0.271 e. The number of carbonyl (C=O) groups is 1. The van der Waals surface area contributed by atoms with Crippen LogP contribution < -0.4 is 19.9 Å². The Kier molecular flexibility index (Phi) is 3.77. The normalized spacial score (nSPS) is 13.6. The first-order valence-electron chi connectivity index (χ1n) is 8.03. The number of nitrogens with zero attached hydrogens (tertiary/aromatic N) is 2. The minimum atomic E-state index is 0.0322. The van der Waals surface area contributed by atoms with E-state index in [1.165, 1.54) is 0 Å². The van der Waals surface area contributed by atoms with E-state index in [1.54, 1.807) is 23.3 Å². The van der Waals surface area contributed by atoms with Crippen molar-refractivity contribution in [1.82, 2.24) is 0 Å². The topological polar surface area (TPSA) is 44.8 Å². The van der Waals surface area contributed by atoms with Crippen molar-refractivity contribution < 1.29 is 9.53 Å². The maximum Gasteiger partial charge on any atom is 0.271 e. The molecule has 0 spiro atoms. The molecule has 128 valence electrons. The molecular formula is C19H19N3O2S. The number of amides is 1. The molecule has 1 aliphatic heterocycles. The van der Waals surface area contributed by atoms with Gasteiger partial charge in [0.05, 0.1) is 19.5 Å². The number of thiophene rings is 1. The second-order valence-electron chi connectivity index (χ2n) is 6.12. The second-order valence-corrected chi connectivity index (χ2v) is 7.17. The number of anilines is 3. The summed E-state index contributed by atoms with van der Waals surface area (Å²) in [7, 11) is 5.68. The lowest BCUT2D eigenvalue weighted by molar-refractivity contribution is 0.0990. The van der Waals surface area contributed by atoms with E-state index in [0.29, 0.717) is 6.67 Å². The van der Waals surface area contributed by atoms with Crippen LogP contribution in [0.5, 0.6) is 5.75 Å². The first-order chi connectivity index (χ1) is 12.1. The molecule has 0 saturated heterocycles. The van der Waals surface area contributed by atoms with Crippen LogP contribution >= 0.6 is 11.3 Å². The van der Waals surface area contributed by atoms with Gasteiger partial charge < -0.3 is 15.0 Å². The number of hydrogen-bond donors (Lipinski definition) is 1. The average molecular weight is 353 g/mol. The van der Waals surface area contributed by atoms with Crippen molar-refractivity contribution in [2.24, 2.45) is 0 Å². The molecule has 0 bridgehead atoms. The van der Waals surface area contributed by atoms with E-state index in [2.05, 4.69) is 22.3 Å². The van der Waals surface area contributed by atoms with Crippen molar-refractivity contribution in [3.05, 3.63) is 47.3 Å². The van der Waals surface area contributed by atoms with Gasteiger partial charge in [0.1, 0.15) is 10.6 Å². The van der Waals surface area contributed by atoms with Crippen molar-refractivity contribution >= 4 is 44.4 Å². The third kappa shape index (κ3) is 2.49. The van der Waals surface area contributed by atoms with Crippen LogP contribution in [0.15, 0.2) is 42.5 Å². The molecule has 0 atom stereocenters. The van der Waals surface area contributed by atoms with Gasteiger partial charge in [-0.2, -0.15) is 0 Å². The van der Waals surface area contributed by atoms with Gasteiger partial charge in [-0.3, -0.25) is 9.69 Å². The number of benzene rings is 2. The number of methoxy groups -OCH3 is 1. The standard InChI is InChI=1S/C19H19N3O2S/c1-21(2)14-5-4-6-15-16(14)17-18(25-15)19(23)22(11-20-17)12-7-9-13(24-3)10-8-12/h4-10,20H,11H2,1-3H3. The van der Waals surface area contributed by atoms with Gasteiger partial charge in [-0.05, 0) is 36.4 Å². The summed E-state index contributed by atoms with van der Waals surface area (Å²) in [5, 5.41) is 4.57. The largest absolute Gasteiger partial charge is 0.497 e. The molecule has 0 radical (unpaired) electrons. The van der Waals surface area contributed by atoms with Crippen LogP contribution in [0.25, 0.3) is 10.1 Å². The summed E-state index contributed by atoms with van der Waals surface area (Å²) < 4.78 is 6.31. The minimum absolute atomic E-state index is 0.0322. The van der Waals surface area contributed by atoms with E-state index in [-0.39, 0.29) is 5.91 Å². The lowest BCUT2D eigenvalue weighted by atomic mass is 10.1. The summed E-state index contributed by atoms with van der Waals surface area (Å²) in [5.41, 5.74) is 2.92. The van der Waals surface area contributed by atoms with Crippen LogP contribution in [0.3, 0.4) is 0 Å². The number of rotatable bonds is 3. The van der Waals surface area contributed by atoms with E-state index in [0.717, 1.165) is 37.8 Å². The van der Waals surface area contributed by atoms with Gasteiger partial charge in [-0.15, -0.1) is 11.3 Å². The number of hydrogen-bond acceptors (Lipinski definition) is 5. The van der Waals surface area contributed by atoms with E-state index in [1.807, 2.05) is 44.4 Å². The molecule has 0 unspecified atom stereocenters. The fourth-order valence-electron chi connectivity index (χ4n) is 3.15. The van der Waals surface area contributed by atoms with Crippen molar-refractivity contribution in [2.75, 3.05) is 43.0 Å². The number of fused-ring (bicyclic) bond motifs is 3. The van der Waals surface area contributed by atoms with Crippen LogP contribution in [0.1, 0.15) is 9.67 Å². The Morgan fingerprint density at radius 1 is 1.16 bits per heavy atom. The van der Waals surface area contributed by atoms with E-state index in [4.69, 9.17) is 4.74 Å². The molecule has 1 N–H and O–H groups in total. The van der Waals surface area contributed by atoms with Crippen LogP contribution in [0.2, 0.25) is 0 Å². The molecule has 2 heterocycles. The van der Waals surface area contributed by atoms with Gasteiger partial charge in [0.25, 0.3) is 5.91 Å². The maximum absolute atomic E-state index is 13.1. The highest BCUT2D eigenvalue weighted by molar-refractivity contribution is 7.21. The summed E-state index contributed by atoms with van der Waals surface area (Å²) in [6.07, 6.45) is 0. The van der Waals surface area contributed by atoms with Gasteiger partial charge >= 0.3 is 0 Å². The second kappa shape index (κ2) is 5.97. The van der Waals surface area contributed by atoms with Crippen molar-refractivity contribution in [3.63, 3.8) is 0 Å². The monoisotopic (exact) mass is 353 g/mol. The Hall–Kier alpha value is -2.73. The zero-order valence-corrected chi connectivity index (χ0v) is 15.2. The zero-order valence-electron chi connectivity index (χ0n) is 14.4. The van der Waals surface area contributed by atoms with Gasteiger partial charge in [-0.1, -0.05) is 6.07 Å². The number of nitrogens with one attached hydrogen (secondary N) is 1. The zero-order chi connectivity index (χ0) is 17.6. The highest BCUT2D eigenvalue weighted by Crippen LogP contribution is 2.43. The Morgan fingerprint density at radius 2 is 1.92 bits per heavy atom. The number of ether oxygens (including phenoxy) is 1. The van der Waals surface area contributed by atoms with E-state index < -0.39 is 0 Å². The van der Waals surface area contributed by atoms with Crippen LogP contribution in [-0.4, -0.2) is 33.8 Å². The third-order valence-corrected chi connectivity index (χ3v) is 5.56. The van der Waals surface area contributed by atoms with Gasteiger partial charge in [0.15, 0.2) is 0 Å². The molecule has 25 heavy (non-hydrogen) atoms. The molecule has 2 aromatic carbocycles. The highest BCUT2D eigenvalue weighted by atomic mass is 32.1. The summed E-state index contributed by atoms with van der Waals surface area (Å²) in [6, 6.07) is 13.7. The summed E-state index contributed by atoms with van der Waals surface area (Å²) >= 11 is 1.54. The molecule has 1 amide bonds. The van der Waals surface area contributed by atoms with E-state index in [9.17, 15) is 4.79 Å². The molecule has 4 rings (SSSR count). The highest BCUT2D eigenvalue weighted by Gasteiger charge is 2.30. The fourth-order valence-corrected chi connectivity index (χ4v) is 4.29. The van der Waals surface area contributed by atoms with E-state index >= 15 is 0 Å². The summed E-state index contributed by atoms with van der Waals surface area (Å²) in [6.45, 7) is 0.450. The van der Waals surface area contributed by atoms with Gasteiger partial charge in [0.2, 0.25) is 0 Å². The Bertz CT molecular complexity index is 947. The predicted molar refractivity (Wildman–Crippen MR) is 104 cm³/mol. The third-order valence-electron chi connectivity index (χ3n) is 4.41. The summed E-state index contributed by atoms with van der Waals surface area (Å²) in [5.74, 6) is 0.809. The molecular weight excluding hydrogens is 334 g/mol. The first-order valence-corrected chi connectivity index (χ1v) is 8.84. The molecule has 0 aliphatic carbocycles. The van der Waals surface area contributed by atoms with Crippen molar-refractivity contribution in [1.29, 1.82) is 0 Å². The minimum Gasteiger partial charge on any atom is -0.497 e. The molecule has 1 aromatic heterocycles. The molecule has 6 heteroatoms. The quantitative estimate of drug-likeness (QED) is 0.773. The summed E-state index contributed by atoms with van der Waals surface area (Å²) in [4.78, 5) is 17.7. The Labute approximate surface area is 150 Å². The average Bonchev–Trinajstić information content (AvgIpc) is 3.02. The van der Waals surface area contributed by atoms with Crippen molar-refractivity contribution in [2.45, 2.75) is 0 Å². The van der Waals surface area contributed by atoms with Crippen LogP contribution in [-0.2, 0) is 0 Å². The predicted octanol–water partition coefficient (Wildman–Crippen LogP) is 4.01. The molecule has 1 aliphatic rings. The molecule has 0 saturated carbocycles. The Morgan fingerprint density at radius 3 is 2.60 bits per heavy atom. The lowest BCUT2D eigenvalue weighted by Crippen LogP contribution is -2.39. The Balaban J connectivity index is 1.78. The number of carbonyl (C=O) groups excluding carboxylic acids is 1. The molecule has 0 fully saturated rings. The lowest BCUT2D eigenvalue weighted by Gasteiger charge is -2.28. The van der Waals surface area contributed by atoms with Gasteiger partial charge in [-0.25, -0.2) is 0 Å². The fraction of sp³-hybridized carbons (Fsp3) is 0.211. The van der Waals surface area contributed by atoms with Crippen molar-refractivity contribution in [3.8, 4) is 5.75 Å². The molecule has 5 nitrogen and oxygen atoms in total. The van der Waals surface area contributed by atoms with Crippen LogP contribution in [0.4, 0.5) is 17.1 Å². The van der Waals surface area contributed by atoms with Gasteiger partial charge in [0, 0.05) is 35.6 Å². The maximum atomic E-state index is 13.1. The first kappa shape index (κ1) is 15.8. The molecule has 3 aromatic rings. The van der Waals surface area contributed by atoms with Crippen LogP contribution in [0, 0.1) is 0 Å².